The first-order valence-electron chi connectivity index (χ1n) is 6.69. The third kappa shape index (κ3) is 2.76. The van der Waals surface area contributed by atoms with Gasteiger partial charge in [0, 0.05) is 6.21 Å². The van der Waals surface area contributed by atoms with Crippen LogP contribution in [0.2, 0.25) is 0 Å². The maximum Gasteiger partial charge on any atom is 0.348 e. The Hall–Kier alpha value is -2.85. The lowest BCUT2D eigenvalue weighted by Gasteiger charge is -1.97. The summed E-state index contributed by atoms with van der Waals surface area (Å²) in [5, 5.41) is 9.76. The average molecular weight is 328 g/mol. The second-order valence-electron chi connectivity index (χ2n) is 4.71. The van der Waals surface area contributed by atoms with Gasteiger partial charge in [0.1, 0.15) is 15.9 Å². The predicted octanol–water partition coefficient (Wildman–Crippen LogP) is 3.19. The minimum Gasteiger partial charge on any atom is -0.465 e. The van der Waals surface area contributed by atoms with E-state index in [1.807, 2.05) is 6.07 Å². The highest BCUT2D eigenvalue weighted by Crippen LogP contribution is 2.36. The van der Waals surface area contributed by atoms with Gasteiger partial charge in [-0.15, -0.1) is 11.3 Å². The molecule has 6 nitrogen and oxygen atoms in total. The van der Waals surface area contributed by atoms with Gasteiger partial charge >= 0.3 is 5.97 Å². The van der Waals surface area contributed by atoms with Crippen molar-refractivity contribution in [3.05, 3.63) is 39.8 Å². The molecule has 116 valence electrons. The van der Waals surface area contributed by atoms with Crippen molar-refractivity contribution in [3.63, 3.8) is 0 Å². The van der Waals surface area contributed by atoms with Crippen molar-refractivity contribution in [2.45, 2.75) is 6.92 Å². The van der Waals surface area contributed by atoms with Crippen LogP contribution in [0, 0.1) is 18.3 Å². The smallest absolute Gasteiger partial charge is 0.348 e. The molecule has 3 rings (SSSR count). The summed E-state index contributed by atoms with van der Waals surface area (Å²) in [5.74, 6) is 0.889. The minimum atomic E-state index is -0.464. The highest BCUT2D eigenvalue weighted by molar-refractivity contribution is 7.18. The van der Waals surface area contributed by atoms with Gasteiger partial charge in [0.2, 0.25) is 6.79 Å². The predicted molar refractivity (Wildman–Crippen MR) is 84.9 cm³/mol. The lowest BCUT2D eigenvalue weighted by atomic mass is 10.2. The first kappa shape index (κ1) is 15.1. The maximum atomic E-state index is 11.7. The Labute approximate surface area is 136 Å². The van der Waals surface area contributed by atoms with Crippen molar-refractivity contribution in [2.24, 2.45) is 4.99 Å². The molecule has 1 aliphatic heterocycles. The van der Waals surface area contributed by atoms with Crippen LogP contribution in [0.25, 0.3) is 0 Å². The molecule has 23 heavy (non-hydrogen) atoms. The molecule has 0 bridgehead atoms. The van der Waals surface area contributed by atoms with E-state index in [4.69, 9.17) is 14.2 Å². The summed E-state index contributed by atoms with van der Waals surface area (Å²) in [5.41, 5.74) is 1.78. The molecule has 0 saturated carbocycles. The normalized spacial score (nSPS) is 12.4. The minimum absolute atomic E-state index is 0.209. The van der Waals surface area contributed by atoms with Crippen LogP contribution >= 0.6 is 11.3 Å². The van der Waals surface area contributed by atoms with Crippen molar-refractivity contribution in [3.8, 4) is 17.6 Å². The number of rotatable bonds is 3. The fraction of sp³-hybridized carbons (Fsp3) is 0.188. The summed E-state index contributed by atoms with van der Waals surface area (Å²) in [6.07, 6.45) is 1.62. The van der Waals surface area contributed by atoms with Gasteiger partial charge in [-0.25, -0.2) is 9.79 Å². The van der Waals surface area contributed by atoms with E-state index in [1.54, 1.807) is 25.3 Å². The lowest BCUT2D eigenvalue weighted by Crippen LogP contribution is -1.99. The molecule has 0 fully saturated rings. The van der Waals surface area contributed by atoms with Crippen LogP contribution in [0.5, 0.6) is 11.5 Å². The zero-order valence-electron chi connectivity index (χ0n) is 12.5. The van der Waals surface area contributed by atoms with E-state index in [-0.39, 0.29) is 6.79 Å². The Morgan fingerprint density at radius 2 is 2.22 bits per heavy atom. The zero-order chi connectivity index (χ0) is 16.4. The van der Waals surface area contributed by atoms with Crippen LogP contribution in [0.4, 0.5) is 5.00 Å². The molecular weight excluding hydrogens is 316 g/mol. The second kappa shape index (κ2) is 6.10. The van der Waals surface area contributed by atoms with E-state index in [9.17, 15) is 10.1 Å². The van der Waals surface area contributed by atoms with Gasteiger partial charge in [0.25, 0.3) is 0 Å². The molecule has 0 saturated heterocycles. The van der Waals surface area contributed by atoms with Crippen molar-refractivity contribution in [1.29, 1.82) is 5.26 Å². The topological polar surface area (TPSA) is 80.9 Å². The standard InChI is InChI=1S/C16H12N2O4S/c1-9-11(6-17)15(23-14(9)16(19)20-2)18-7-10-3-4-12-13(5-10)22-8-21-12/h3-5,7H,8H2,1-2H3/b18-7+. The van der Waals surface area contributed by atoms with E-state index in [0.29, 0.717) is 32.5 Å². The number of hydrogen-bond acceptors (Lipinski definition) is 7. The molecule has 0 spiro atoms. The quantitative estimate of drug-likeness (QED) is 0.638. The Kier molecular flexibility index (Phi) is 4.00. The second-order valence-corrected chi connectivity index (χ2v) is 5.71. The molecule has 7 heteroatoms. The van der Waals surface area contributed by atoms with Crippen LogP contribution in [-0.4, -0.2) is 26.1 Å². The average Bonchev–Trinajstić information content (AvgIpc) is 3.15. The van der Waals surface area contributed by atoms with E-state index in [1.165, 1.54) is 7.11 Å². The molecule has 0 radical (unpaired) electrons. The maximum absolute atomic E-state index is 11.7. The fourth-order valence-electron chi connectivity index (χ4n) is 2.13. The molecule has 1 aromatic heterocycles. The first-order chi connectivity index (χ1) is 11.1. The highest BCUT2D eigenvalue weighted by atomic mass is 32.1. The van der Waals surface area contributed by atoms with Gasteiger partial charge in [-0.3, -0.25) is 0 Å². The summed E-state index contributed by atoms with van der Waals surface area (Å²) < 4.78 is 15.3. The molecule has 0 unspecified atom stereocenters. The number of benzene rings is 1. The molecule has 2 heterocycles. The number of hydrogen-bond donors (Lipinski definition) is 0. The van der Waals surface area contributed by atoms with Crippen molar-refractivity contribution < 1.29 is 19.0 Å². The number of esters is 1. The van der Waals surface area contributed by atoms with Crippen molar-refractivity contribution in [1.82, 2.24) is 0 Å². The highest BCUT2D eigenvalue weighted by Gasteiger charge is 2.20. The van der Waals surface area contributed by atoms with Crippen LogP contribution < -0.4 is 9.47 Å². The van der Waals surface area contributed by atoms with E-state index in [2.05, 4.69) is 11.1 Å². The van der Waals surface area contributed by atoms with E-state index < -0.39 is 5.97 Å². The SMILES string of the molecule is COC(=O)c1sc(/N=C/c2ccc3c(c2)OCO3)c(C#N)c1C. The first-order valence-corrected chi connectivity index (χ1v) is 7.51. The summed E-state index contributed by atoms with van der Waals surface area (Å²) in [7, 11) is 1.31. The molecule has 2 aromatic rings. The van der Waals surface area contributed by atoms with Crippen molar-refractivity contribution in [2.75, 3.05) is 13.9 Å². The largest absolute Gasteiger partial charge is 0.465 e. The van der Waals surface area contributed by atoms with Gasteiger partial charge < -0.3 is 14.2 Å². The third-order valence-corrected chi connectivity index (χ3v) is 4.52. The van der Waals surface area contributed by atoms with Gasteiger partial charge in [0.05, 0.1) is 12.7 Å². The number of aliphatic imine (C=N–C) groups is 1. The van der Waals surface area contributed by atoms with Gasteiger partial charge in [-0.2, -0.15) is 5.26 Å². The number of methoxy groups -OCH3 is 1. The third-order valence-electron chi connectivity index (χ3n) is 3.34. The monoisotopic (exact) mass is 328 g/mol. The lowest BCUT2D eigenvalue weighted by molar-refractivity contribution is 0.0605. The molecule has 1 aromatic carbocycles. The Balaban J connectivity index is 1.93. The molecule has 0 atom stereocenters. The molecule has 0 amide bonds. The fourth-order valence-corrected chi connectivity index (χ4v) is 3.16. The van der Waals surface area contributed by atoms with E-state index >= 15 is 0 Å². The van der Waals surface area contributed by atoms with Gasteiger partial charge in [-0.05, 0) is 36.2 Å². The summed E-state index contributed by atoms with van der Waals surface area (Å²) in [6, 6.07) is 7.53. The summed E-state index contributed by atoms with van der Waals surface area (Å²) in [4.78, 5) is 16.4. The van der Waals surface area contributed by atoms with Crippen LogP contribution in [0.1, 0.15) is 26.4 Å². The molecule has 0 N–H and O–H groups in total. The number of nitriles is 1. The van der Waals surface area contributed by atoms with Crippen LogP contribution in [-0.2, 0) is 4.74 Å². The summed E-state index contributed by atoms with van der Waals surface area (Å²) in [6.45, 7) is 1.92. The Bertz CT molecular complexity index is 848. The number of carbonyl (C=O) groups excluding carboxylic acids is 1. The Morgan fingerprint density at radius 3 is 2.96 bits per heavy atom. The zero-order valence-corrected chi connectivity index (χ0v) is 13.3. The number of fused-ring (bicyclic) bond motifs is 1. The number of ether oxygens (including phenoxy) is 3. The number of nitrogens with zero attached hydrogens (tertiary/aromatic N) is 2. The van der Waals surface area contributed by atoms with Crippen molar-refractivity contribution >= 4 is 28.5 Å². The Morgan fingerprint density at radius 1 is 1.43 bits per heavy atom. The molecular formula is C16H12N2O4S. The van der Waals surface area contributed by atoms with Gasteiger partial charge in [0.15, 0.2) is 11.5 Å². The van der Waals surface area contributed by atoms with Crippen LogP contribution in [0.3, 0.4) is 0 Å². The van der Waals surface area contributed by atoms with Gasteiger partial charge in [-0.1, -0.05) is 0 Å². The number of thiophene rings is 1. The number of carbonyl (C=O) groups is 1. The van der Waals surface area contributed by atoms with Crippen LogP contribution in [0.15, 0.2) is 23.2 Å². The summed E-state index contributed by atoms with van der Waals surface area (Å²) >= 11 is 1.14. The van der Waals surface area contributed by atoms with E-state index in [0.717, 1.165) is 16.9 Å². The molecule has 0 aliphatic carbocycles. The molecule has 1 aliphatic rings.